The number of hydrogen-bond acceptors (Lipinski definition) is 14. The van der Waals surface area contributed by atoms with Crippen molar-refractivity contribution in [3.05, 3.63) is 377 Å². The van der Waals surface area contributed by atoms with Gasteiger partial charge >= 0.3 is 29.8 Å². The van der Waals surface area contributed by atoms with Crippen LogP contribution in [0.5, 0.6) is 0 Å². The molecule has 0 aliphatic heterocycles. The second-order valence-corrected chi connectivity index (χ2v) is 34.6. The first kappa shape index (κ1) is 99.6. The van der Waals surface area contributed by atoms with Gasteiger partial charge in [0.05, 0.1) is 50.4 Å². The van der Waals surface area contributed by atoms with Crippen molar-refractivity contribution in [3.8, 4) is 0 Å². The lowest BCUT2D eigenvalue weighted by molar-refractivity contribution is 0.0682. The highest BCUT2D eigenvalue weighted by Gasteiger charge is 2.25. The van der Waals surface area contributed by atoms with Crippen LogP contribution in [0.1, 0.15) is 237 Å². The van der Waals surface area contributed by atoms with Crippen LogP contribution in [0, 0.1) is 20.8 Å². The minimum atomic E-state index is -3.50. The lowest BCUT2D eigenvalue weighted by atomic mass is 9.95. The molecule has 23 nitrogen and oxygen atoms in total. The highest BCUT2D eigenvalue weighted by Crippen LogP contribution is 2.25. The van der Waals surface area contributed by atoms with Crippen molar-refractivity contribution in [2.75, 3.05) is 30.5 Å². The van der Waals surface area contributed by atoms with Crippen LogP contribution in [0.15, 0.2) is 255 Å². The molecule has 0 spiro atoms. The molecular formula is C101H108N4O19S2. The van der Waals surface area contributed by atoms with Gasteiger partial charge in [0.1, 0.15) is 0 Å². The SMILES string of the molecule is CCCCc1ccc(CC(=O)c2cc(C)ccc2C(=O)O)cc1.CCCCc1ccc(CC(=O)c2cccc(C)c2C(=O)O)cc1.CCCCc1ccc(NC(=O)c2c(C)cccc2C(=O)O)cc1.CCS(=O)(=O)N(C)Cc1cccc(NC(=O)c2ccccc2C(=O)O)c1.CN(Cc1cccc(CC(=O)c2ccccc2C(=O)O)c1)S(=O)(=O)Cc1ccccc1. The Morgan fingerprint density at radius 2 is 0.675 bits per heavy atom. The molecule has 0 radical (unpaired) electrons. The normalized spacial score (nSPS) is 10.9. The summed E-state index contributed by atoms with van der Waals surface area (Å²) >= 11 is 0. The van der Waals surface area contributed by atoms with Crippen molar-refractivity contribution < 1.29 is 90.3 Å². The lowest BCUT2D eigenvalue weighted by Gasteiger charge is -2.18. The van der Waals surface area contributed by atoms with E-state index < -0.39 is 61.7 Å². The summed E-state index contributed by atoms with van der Waals surface area (Å²) in [6, 6.07) is 73.3. The summed E-state index contributed by atoms with van der Waals surface area (Å²) in [5.41, 5.74) is 12.7. The van der Waals surface area contributed by atoms with Gasteiger partial charge in [-0.05, 0) is 188 Å². The maximum atomic E-state index is 12.7. The van der Waals surface area contributed by atoms with Crippen LogP contribution in [-0.4, -0.2) is 130 Å². The standard InChI is InChI=1S/C24H23NO5S.2C20H22O3.C19H21NO3.C18H20N2O5S/c1-25(31(29,30)17-18-8-3-2-4-9-18)16-20-11-7-10-19(14-20)15-23(26)21-12-5-6-13-22(21)24(27)28;1-3-4-7-15-9-11-16(12-10-15)13-18(21)17-8-5-6-14(2)19(17)20(22)23;1-3-4-5-15-7-9-16(10-8-15)13-19(21)18-12-14(2)6-11-17(18)20(22)23;1-3-4-7-14-9-11-15(12-10-14)20-18(21)17-13(2)6-5-8-16(17)19(22)23;1-3-26(24,25)20(2)12-13-7-6-8-14(11-13)19-17(21)15-9-4-5-10-16(15)18(22)23/h2-14H,15-17H2,1H3,(H,27,28);5-6,8-12H,3-4,7,13H2,1-2H3,(H,22,23);6-12H,3-5,13H2,1-2H3,(H,22,23);5-6,8-12H,3-4,7H2,1-2H3,(H,20,21)(H,22,23);4-11H,3,12H2,1-2H3,(H,19,21)(H,22,23). The van der Waals surface area contributed by atoms with Crippen LogP contribution in [0.2, 0.25) is 0 Å². The molecule has 11 rings (SSSR count). The summed E-state index contributed by atoms with van der Waals surface area (Å²) in [6.07, 6.45) is 10.5. The molecule has 0 aliphatic carbocycles. The summed E-state index contributed by atoms with van der Waals surface area (Å²) < 4.78 is 51.6. The molecule has 0 fully saturated rings. The van der Waals surface area contributed by atoms with E-state index in [1.807, 2.05) is 85.8 Å². The Bertz CT molecular complexity index is 5810. The molecule has 0 saturated carbocycles. The Balaban J connectivity index is 0.000000217. The van der Waals surface area contributed by atoms with E-state index in [1.54, 1.807) is 160 Å². The molecule has 11 aromatic rings. The number of carboxylic acids is 5. The van der Waals surface area contributed by atoms with Gasteiger partial charge in [-0.2, -0.15) is 0 Å². The van der Waals surface area contributed by atoms with Crippen LogP contribution >= 0.6 is 0 Å². The van der Waals surface area contributed by atoms with Crippen LogP contribution < -0.4 is 10.6 Å². The van der Waals surface area contributed by atoms with Gasteiger partial charge in [0, 0.05) is 74.5 Å². The fraction of sp³-hybridized carbons (Fsp3) is 0.248. The second kappa shape index (κ2) is 49.1. The van der Waals surface area contributed by atoms with E-state index in [-0.39, 0.29) is 117 Å². The van der Waals surface area contributed by atoms with Crippen molar-refractivity contribution in [2.24, 2.45) is 0 Å². The van der Waals surface area contributed by atoms with E-state index in [9.17, 15) is 90.3 Å². The number of amides is 2. The average Bonchev–Trinajstić information content (AvgIpc) is 0.840. The topological polar surface area (TPSA) is 371 Å². The van der Waals surface area contributed by atoms with Gasteiger partial charge in [0.15, 0.2) is 17.3 Å². The fourth-order valence-electron chi connectivity index (χ4n) is 13.4. The van der Waals surface area contributed by atoms with E-state index >= 15 is 0 Å². The van der Waals surface area contributed by atoms with Gasteiger partial charge in [-0.15, -0.1) is 0 Å². The van der Waals surface area contributed by atoms with Crippen LogP contribution in [-0.2, 0) is 77.4 Å². The lowest BCUT2D eigenvalue weighted by Crippen LogP contribution is -2.27. The fourth-order valence-corrected chi connectivity index (χ4v) is 15.3. The van der Waals surface area contributed by atoms with Gasteiger partial charge in [-0.25, -0.2) is 49.4 Å². The van der Waals surface area contributed by atoms with Crippen molar-refractivity contribution in [1.82, 2.24) is 8.61 Å². The molecule has 0 heterocycles. The number of aryl methyl sites for hydroxylation is 6. The molecule has 658 valence electrons. The van der Waals surface area contributed by atoms with Gasteiger partial charge in [-0.3, -0.25) is 24.0 Å². The first-order valence-electron chi connectivity index (χ1n) is 41.3. The molecular weight excluding hydrogens is 1640 g/mol. The number of Topliss-reactive ketones (excluding diaryl/α,β-unsaturated/α-hetero) is 3. The maximum Gasteiger partial charge on any atom is 0.336 e. The summed E-state index contributed by atoms with van der Waals surface area (Å²) in [4.78, 5) is 119. The number of anilines is 2. The average molecular weight is 1750 g/mol. The van der Waals surface area contributed by atoms with Gasteiger partial charge in [0.25, 0.3) is 11.8 Å². The number of benzene rings is 11. The van der Waals surface area contributed by atoms with Gasteiger partial charge in [0.2, 0.25) is 20.0 Å². The number of ketones is 3. The zero-order valence-electron chi connectivity index (χ0n) is 72.2. The summed E-state index contributed by atoms with van der Waals surface area (Å²) in [5, 5.41) is 51.7. The third-order valence-electron chi connectivity index (χ3n) is 20.4. The Morgan fingerprint density at radius 1 is 0.302 bits per heavy atom. The number of nitrogens with one attached hydrogen (secondary N) is 2. The number of carbonyl (C=O) groups excluding carboxylic acids is 5. The number of sulfonamides is 2. The van der Waals surface area contributed by atoms with Crippen molar-refractivity contribution in [2.45, 2.75) is 144 Å². The zero-order valence-corrected chi connectivity index (χ0v) is 73.9. The molecule has 0 aliphatic rings. The minimum Gasteiger partial charge on any atom is -0.478 e. The molecule has 0 saturated heterocycles. The van der Waals surface area contributed by atoms with Crippen LogP contribution in [0.25, 0.3) is 0 Å². The highest BCUT2D eigenvalue weighted by molar-refractivity contribution is 7.89. The number of carboxylic acid groups (broad SMARTS) is 5. The van der Waals surface area contributed by atoms with Crippen molar-refractivity contribution >= 4 is 90.4 Å². The number of aromatic carboxylic acids is 5. The summed E-state index contributed by atoms with van der Waals surface area (Å²) in [7, 11) is -3.79. The smallest absolute Gasteiger partial charge is 0.336 e. The largest absolute Gasteiger partial charge is 0.478 e. The van der Waals surface area contributed by atoms with E-state index in [1.165, 1.54) is 75.8 Å². The first-order chi connectivity index (χ1) is 60.1. The van der Waals surface area contributed by atoms with Gasteiger partial charge < -0.3 is 36.2 Å². The Labute approximate surface area is 737 Å². The van der Waals surface area contributed by atoms with Gasteiger partial charge in [-0.1, -0.05) is 240 Å². The zero-order chi connectivity index (χ0) is 92.2. The van der Waals surface area contributed by atoms with Crippen molar-refractivity contribution in [3.63, 3.8) is 0 Å². The third kappa shape index (κ3) is 30.8. The van der Waals surface area contributed by atoms with E-state index in [4.69, 9.17) is 0 Å². The quantitative estimate of drug-likeness (QED) is 0.0179. The minimum absolute atomic E-state index is 0.00585. The Morgan fingerprint density at radius 3 is 1.17 bits per heavy atom. The van der Waals surface area contributed by atoms with Crippen molar-refractivity contribution in [1.29, 1.82) is 0 Å². The molecule has 0 unspecified atom stereocenters. The molecule has 11 aromatic carbocycles. The predicted molar refractivity (Wildman–Crippen MR) is 491 cm³/mol. The Kier molecular flexibility index (Phi) is 38.9. The van der Waals surface area contributed by atoms with Crippen LogP contribution in [0.3, 0.4) is 0 Å². The number of nitrogens with zero attached hydrogens (tertiary/aromatic N) is 2. The molecule has 2 amide bonds. The van der Waals surface area contributed by atoms with E-state index in [0.29, 0.717) is 39.2 Å². The summed E-state index contributed by atoms with van der Waals surface area (Å²) in [5.74, 6) is -7.21. The number of carbonyl (C=O) groups is 10. The maximum absolute atomic E-state index is 12.7. The third-order valence-corrected chi connectivity index (χ3v) is 24.0. The summed E-state index contributed by atoms with van der Waals surface area (Å²) in [6.45, 7) is 13.7. The molecule has 0 atom stereocenters. The van der Waals surface area contributed by atoms with E-state index in [0.717, 1.165) is 80.0 Å². The number of unbranched alkanes of at least 4 members (excludes halogenated alkanes) is 3. The second-order valence-electron chi connectivity index (χ2n) is 30.2. The number of rotatable bonds is 36. The van der Waals surface area contributed by atoms with E-state index in [2.05, 4.69) is 31.4 Å². The molecule has 7 N–H and O–H groups in total. The molecule has 126 heavy (non-hydrogen) atoms. The molecule has 0 aromatic heterocycles. The first-order valence-corrected chi connectivity index (χ1v) is 44.5. The predicted octanol–water partition coefficient (Wildman–Crippen LogP) is 19.4. The Hall–Kier alpha value is -13.5. The highest BCUT2D eigenvalue weighted by atomic mass is 32.2. The number of hydrogen-bond donors (Lipinski definition) is 7. The molecule has 25 heteroatoms. The molecule has 0 bridgehead atoms. The van der Waals surface area contributed by atoms with Crippen LogP contribution in [0.4, 0.5) is 11.4 Å². The monoisotopic (exact) mass is 1740 g/mol.